The highest BCUT2D eigenvalue weighted by molar-refractivity contribution is 5.97. The SMILES string of the molecule is C#CC(=O)CN(Cc1ccccc1)C(=O)OC(C)(C)C. The van der Waals surface area contributed by atoms with Crippen molar-refractivity contribution in [3.8, 4) is 12.3 Å². The molecule has 0 N–H and O–H groups in total. The second-order valence-electron chi connectivity index (χ2n) is 5.39. The summed E-state index contributed by atoms with van der Waals surface area (Å²) in [6, 6.07) is 9.36. The van der Waals surface area contributed by atoms with Gasteiger partial charge in [-0.2, -0.15) is 0 Å². The number of terminal acetylenes is 1. The number of rotatable bonds is 4. The van der Waals surface area contributed by atoms with Gasteiger partial charge in [0, 0.05) is 6.54 Å². The second-order valence-corrected chi connectivity index (χ2v) is 5.39. The number of carbonyl (C=O) groups excluding carboxylic acids is 2. The Kier molecular flexibility index (Phi) is 5.33. The van der Waals surface area contributed by atoms with Crippen molar-refractivity contribution in [3.05, 3.63) is 35.9 Å². The molecule has 4 heteroatoms. The van der Waals surface area contributed by atoms with Crippen LogP contribution in [0.15, 0.2) is 30.3 Å². The van der Waals surface area contributed by atoms with Gasteiger partial charge < -0.3 is 4.74 Å². The highest BCUT2D eigenvalue weighted by Gasteiger charge is 2.23. The minimum absolute atomic E-state index is 0.152. The zero-order valence-corrected chi connectivity index (χ0v) is 12.1. The van der Waals surface area contributed by atoms with Crippen molar-refractivity contribution < 1.29 is 14.3 Å². The molecule has 0 aromatic heterocycles. The van der Waals surface area contributed by atoms with Gasteiger partial charge in [0.2, 0.25) is 5.78 Å². The number of ether oxygens (including phenoxy) is 1. The predicted octanol–water partition coefficient (Wildman–Crippen LogP) is 2.63. The normalized spacial score (nSPS) is 10.5. The molecular weight excluding hydrogens is 254 g/mol. The molecular formula is C16H19NO3. The lowest BCUT2D eigenvalue weighted by Gasteiger charge is -2.26. The first-order chi connectivity index (χ1) is 9.31. The molecule has 0 unspecified atom stereocenters. The lowest BCUT2D eigenvalue weighted by Crippen LogP contribution is -2.39. The molecule has 0 spiro atoms. The molecule has 106 valence electrons. The van der Waals surface area contributed by atoms with Crippen molar-refractivity contribution in [3.63, 3.8) is 0 Å². The first kappa shape index (κ1) is 15.8. The molecule has 0 heterocycles. The van der Waals surface area contributed by atoms with Gasteiger partial charge in [0.1, 0.15) is 5.60 Å². The van der Waals surface area contributed by atoms with Crippen molar-refractivity contribution in [2.75, 3.05) is 6.54 Å². The Morgan fingerprint density at radius 3 is 2.35 bits per heavy atom. The third-order valence-corrected chi connectivity index (χ3v) is 2.36. The van der Waals surface area contributed by atoms with Crippen LogP contribution in [-0.2, 0) is 16.1 Å². The summed E-state index contributed by atoms with van der Waals surface area (Å²) in [6.07, 6.45) is 4.51. The monoisotopic (exact) mass is 273 g/mol. The summed E-state index contributed by atoms with van der Waals surface area (Å²) >= 11 is 0. The molecule has 0 saturated carbocycles. The van der Waals surface area contributed by atoms with Crippen molar-refractivity contribution >= 4 is 11.9 Å². The van der Waals surface area contributed by atoms with Gasteiger partial charge in [0.05, 0.1) is 6.54 Å². The van der Waals surface area contributed by atoms with Crippen LogP contribution in [0.25, 0.3) is 0 Å². The van der Waals surface area contributed by atoms with Crippen LogP contribution in [-0.4, -0.2) is 28.9 Å². The highest BCUT2D eigenvalue weighted by atomic mass is 16.6. The zero-order valence-electron chi connectivity index (χ0n) is 12.1. The van der Waals surface area contributed by atoms with Crippen molar-refractivity contribution in [2.24, 2.45) is 0 Å². The van der Waals surface area contributed by atoms with Crippen LogP contribution in [0, 0.1) is 12.3 Å². The topological polar surface area (TPSA) is 46.6 Å². The second kappa shape index (κ2) is 6.76. The fourth-order valence-corrected chi connectivity index (χ4v) is 1.53. The summed E-state index contributed by atoms with van der Waals surface area (Å²) in [5, 5.41) is 0. The number of hydrogen-bond donors (Lipinski definition) is 0. The van der Waals surface area contributed by atoms with E-state index in [-0.39, 0.29) is 13.1 Å². The molecule has 0 aliphatic carbocycles. The van der Waals surface area contributed by atoms with Crippen molar-refractivity contribution in [2.45, 2.75) is 32.9 Å². The maximum atomic E-state index is 12.1. The number of nitrogens with zero attached hydrogens (tertiary/aromatic N) is 1. The fraction of sp³-hybridized carbons (Fsp3) is 0.375. The predicted molar refractivity (Wildman–Crippen MR) is 76.9 cm³/mol. The van der Waals surface area contributed by atoms with Gasteiger partial charge in [0.15, 0.2) is 0 Å². The number of carbonyl (C=O) groups is 2. The number of ketones is 1. The minimum Gasteiger partial charge on any atom is -0.444 e. The van der Waals surface area contributed by atoms with E-state index >= 15 is 0 Å². The van der Waals surface area contributed by atoms with Gasteiger partial charge in [-0.3, -0.25) is 9.69 Å². The lowest BCUT2D eigenvalue weighted by molar-refractivity contribution is -0.115. The molecule has 1 aromatic carbocycles. The van der Waals surface area contributed by atoms with Crippen LogP contribution in [0.3, 0.4) is 0 Å². The standard InChI is InChI=1S/C16H19NO3/c1-5-14(18)12-17(15(19)20-16(2,3)4)11-13-9-7-6-8-10-13/h1,6-10H,11-12H2,2-4H3. The Bertz CT molecular complexity index is 509. The molecule has 0 atom stereocenters. The van der Waals surface area contributed by atoms with Crippen LogP contribution in [0.4, 0.5) is 4.79 Å². The number of benzene rings is 1. The van der Waals surface area contributed by atoms with E-state index in [1.165, 1.54) is 4.90 Å². The smallest absolute Gasteiger partial charge is 0.411 e. The Morgan fingerprint density at radius 1 is 1.25 bits per heavy atom. The maximum Gasteiger partial charge on any atom is 0.411 e. The van der Waals surface area contributed by atoms with E-state index in [4.69, 9.17) is 11.2 Å². The average molecular weight is 273 g/mol. The zero-order chi connectivity index (χ0) is 15.2. The minimum atomic E-state index is -0.620. The molecule has 1 amide bonds. The van der Waals surface area contributed by atoms with E-state index in [0.29, 0.717) is 0 Å². The van der Waals surface area contributed by atoms with Crippen LogP contribution in [0.2, 0.25) is 0 Å². The Labute approximate surface area is 119 Å². The average Bonchev–Trinajstić information content (AvgIpc) is 2.37. The van der Waals surface area contributed by atoms with Gasteiger partial charge in [-0.1, -0.05) is 30.3 Å². The van der Waals surface area contributed by atoms with Gasteiger partial charge in [-0.05, 0) is 32.3 Å². The van der Waals surface area contributed by atoms with Gasteiger partial charge in [-0.15, -0.1) is 6.42 Å². The lowest BCUT2D eigenvalue weighted by atomic mass is 10.2. The third-order valence-electron chi connectivity index (χ3n) is 2.36. The van der Waals surface area contributed by atoms with Gasteiger partial charge in [-0.25, -0.2) is 4.79 Å². The molecule has 20 heavy (non-hydrogen) atoms. The molecule has 0 bridgehead atoms. The third kappa shape index (κ3) is 5.57. The van der Waals surface area contributed by atoms with Crippen LogP contribution >= 0.6 is 0 Å². The first-order valence-electron chi connectivity index (χ1n) is 6.33. The highest BCUT2D eigenvalue weighted by Crippen LogP contribution is 2.12. The summed E-state index contributed by atoms with van der Waals surface area (Å²) in [6.45, 7) is 5.45. The molecule has 0 saturated heterocycles. The number of amides is 1. The Morgan fingerprint density at radius 2 is 1.85 bits per heavy atom. The maximum absolute atomic E-state index is 12.1. The molecule has 0 aliphatic rings. The van der Waals surface area contributed by atoms with Gasteiger partial charge >= 0.3 is 6.09 Å². The van der Waals surface area contributed by atoms with E-state index in [1.54, 1.807) is 20.8 Å². The van der Waals surface area contributed by atoms with Crippen molar-refractivity contribution in [1.82, 2.24) is 4.90 Å². The summed E-state index contributed by atoms with van der Waals surface area (Å²) < 4.78 is 5.28. The Hall–Kier alpha value is -2.28. The van der Waals surface area contributed by atoms with E-state index in [1.807, 2.05) is 36.3 Å². The van der Waals surface area contributed by atoms with E-state index in [2.05, 4.69) is 0 Å². The van der Waals surface area contributed by atoms with Crippen molar-refractivity contribution in [1.29, 1.82) is 0 Å². The molecule has 0 fully saturated rings. The largest absolute Gasteiger partial charge is 0.444 e. The van der Waals surface area contributed by atoms with Crippen LogP contribution < -0.4 is 0 Å². The first-order valence-corrected chi connectivity index (χ1v) is 6.33. The van der Waals surface area contributed by atoms with E-state index < -0.39 is 17.5 Å². The summed E-state index contributed by atoms with van der Waals surface area (Å²) in [5.74, 6) is 1.56. The summed E-state index contributed by atoms with van der Waals surface area (Å²) in [5.41, 5.74) is 0.286. The molecule has 4 nitrogen and oxygen atoms in total. The van der Waals surface area contributed by atoms with Crippen LogP contribution in [0.5, 0.6) is 0 Å². The summed E-state index contributed by atoms with van der Waals surface area (Å²) in [7, 11) is 0. The quantitative estimate of drug-likeness (QED) is 0.626. The Balaban J connectivity index is 2.83. The number of Topliss-reactive ketones (excluding diaryl/α,β-unsaturated/α-hetero) is 1. The molecule has 0 radical (unpaired) electrons. The van der Waals surface area contributed by atoms with Gasteiger partial charge in [0.25, 0.3) is 0 Å². The molecule has 1 rings (SSSR count). The van der Waals surface area contributed by atoms with E-state index in [0.717, 1.165) is 5.56 Å². The fourth-order valence-electron chi connectivity index (χ4n) is 1.53. The summed E-state index contributed by atoms with van der Waals surface area (Å²) in [4.78, 5) is 24.8. The molecule has 0 aliphatic heterocycles. The van der Waals surface area contributed by atoms with Crippen LogP contribution in [0.1, 0.15) is 26.3 Å². The van der Waals surface area contributed by atoms with E-state index in [9.17, 15) is 9.59 Å². The molecule has 1 aromatic rings. The number of hydrogen-bond acceptors (Lipinski definition) is 3.